The lowest BCUT2D eigenvalue weighted by atomic mass is 9.81. The van der Waals surface area contributed by atoms with Gasteiger partial charge < -0.3 is 15.0 Å². The number of nitrogens with one attached hydrogen (secondary N) is 2. The zero-order chi connectivity index (χ0) is 22.9. The second kappa shape index (κ2) is 8.65. The van der Waals surface area contributed by atoms with Crippen molar-refractivity contribution in [3.8, 4) is 5.75 Å². The fraction of sp³-hybridized carbons (Fsp3) is 0.200. The van der Waals surface area contributed by atoms with Crippen LogP contribution in [-0.2, 0) is 15.1 Å². The number of benzene rings is 3. The molecule has 1 aliphatic heterocycles. The Morgan fingerprint density at radius 1 is 1.03 bits per heavy atom. The molecule has 0 spiro atoms. The van der Waals surface area contributed by atoms with E-state index < -0.39 is 11.6 Å². The topological polar surface area (TPSA) is 70.7 Å². The highest BCUT2D eigenvalue weighted by Gasteiger charge is 2.52. The van der Waals surface area contributed by atoms with Crippen LogP contribution in [0.2, 0.25) is 5.02 Å². The minimum atomic E-state index is -1.40. The van der Waals surface area contributed by atoms with Crippen molar-refractivity contribution in [1.29, 1.82) is 0 Å². The summed E-state index contributed by atoms with van der Waals surface area (Å²) in [5.74, 6) is 0.0209. The summed E-state index contributed by atoms with van der Waals surface area (Å²) in [6, 6.07) is 21.1. The van der Waals surface area contributed by atoms with E-state index in [4.69, 9.17) is 16.3 Å². The van der Waals surface area contributed by atoms with Gasteiger partial charge in [-0.3, -0.25) is 14.9 Å². The van der Waals surface area contributed by atoms with Crippen LogP contribution in [0.1, 0.15) is 22.7 Å². The van der Waals surface area contributed by atoms with Crippen LogP contribution in [0.4, 0.5) is 5.69 Å². The van der Waals surface area contributed by atoms with E-state index >= 15 is 0 Å². The number of para-hydroxylation sites is 1. The van der Waals surface area contributed by atoms with E-state index in [1.165, 1.54) is 4.90 Å². The summed E-state index contributed by atoms with van der Waals surface area (Å²) in [5, 5.41) is 6.84. The maximum Gasteiger partial charge on any atom is 0.254 e. The fourth-order valence-corrected chi connectivity index (χ4v) is 4.30. The molecule has 2 N–H and O–H groups in total. The Hall–Kier alpha value is -3.35. The Bertz CT molecular complexity index is 1170. The maximum atomic E-state index is 13.7. The third-order valence-corrected chi connectivity index (χ3v) is 5.90. The van der Waals surface area contributed by atoms with Crippen molar-refractivity contribution in [2.24, 2.45) is 0 Å². The first-order valence-corrected chi connectivity index (χ1v) is 10.5. The molecule has 0 saturated carbocycles. The summed E-state index contributed by atoms with van der Waals surface area (Å²) in [7, 11) is 4.93. The van der Waals surface area contributed by atoms with Crippen LogP contribution in [0.3, 0.4) is 0 Å². The van der Waals surface area contributed by atoms with Crippen LogP contribution in [-0.4, -0.2) is 37.9 Å². The number of ether oxygens (including phenoxy) is 1. The average molecular weight is 450 g/mol. The van der Waals surface area contributed by atoms with Gasteiger partial charge in [0, 0.05) is 35.9 Å². The first kappa shape index (κ1) is 21.9. The molecule has 0 aliphatic carbocycles. The van der Waals surface area contributed by atoms with Gasteiger partial charge in [-0.1, -0.05) is 60.1 Å². The van der Waals surface area contributed by atoms with E-state index in [1.54, 1.807) is 45.5 Å². The van der Waals surface area contributed by atoms with Crippen molar-refractivity contribution in [3.05, 3.63) is 94.5 Å². The van der Waals surface area contributed by atoms with Crippen LogP contribution < -0.4 is 15.4 Å². The largest absolute Gasteiger partial charge is 0.496 e. The molecule has 32 heavy (non-hydrogen) atoms. The molecule has 1 heterocycles. The van der Waals surface area contributed by atoms with E-state index in [0.29, 0.717) is 27.6 Å². The van der Waals surface area contributed by atoms with Gasteiger partial charge >= 0.3 is 0 Å². The molecule has 0 aromatic heterocycles. The predicted molar refractivity (Wildman–Crippen MR) is 125 cm³/mol. The first-order chi connectivity index (χ1) is 15.4. The number of nitrogens with zero attached hydrogens (tertiary/aromatic N) is 1. The van der Waals surface area contributed by atoms with Gasteiger partial charge in [0.05, 0.1) is 7.11 Å². The average Bonchev–Trinajstić information content (AvgIpc) is 3.08. The molecule has 0 saturated heterocycles. The number of rotatable bonds is 6. The van der Waals surface area contributed by atoms with Crippen molar-refractivity contribution in [2.45, 2.75) is 11.6 Å². The first-order valence-electron chi connectivity index (χ1n) is 10.2. The van der Waals surface area contributed by atoms with E-state index in [2.05, 4.69) is 10.6 Å². The number of carbonyl (C=O) groups excluding carboxylic acids is 2. The van der Waals surface area contributed by atoms with Crippen LogP contribution in [0.15, 0.2) is 72.8 Å². The lowest BCUT2D eigenvalue weighted by Gasteiger charge is -2.35. The van der Waals surface area contributed by atoms with Crippen molar-refractivity contribution >= 4 is 29.1 Å². The molecule has 1 aliphatic rings. The number of anilines is 1. The van der Waals surface area contributed by atoms with Gasteiger partial charge in [0.25, 0.3) is 5.91 Å². The van der Waals surface area contributed by atoms with Gasteiger partial charge in [-0.2, -0.15) is 0 Å². The highest BCUT2D eigenvalue weighted by Crippen LogP contribution is 2.46. The highest BCUT2D eigenvalue weighted by atomic mass is 35.5. The lowest BCUT2D eigenvalue weighted by Crippen LogP contribution is -2.53. The van der Waals surface area contributed by atoms with Gasteiger partial charge in [0.15, 0.2) is 5.54 Å². The van der Waals surface area contributed by atoms with Crippen molar-refractivity contribution in [3.63, 3.8) is 0 Å². The predicted octanol–water partition coefficient (Wildman–Crippen LogP) is 3.96. The van der Waals surface area contributed by atoms with Gasteiger partial charge in [-0.25, -0.2) is 0 Å². The molecule has 4 rings (SSSR count). The van der Waals surface area contributed by atoms with Crippen molar-refractivity contribution in [2.75, 3.05) is 26.5 Å². The third kappa shape index (κ3) is 3.61. The molecule has 1 unspecified atom stereocenters. The summed E-state index contributed by atoms with van der Waals surface area (Å²) in [4.78, 5) is 28.5. The SMILES string of the molecule is COc1ccccc1C1(N[C@H](C(=O)N(C)C)c2ccccc2)C(=O)Nc2ccc(Cl)cc21. The Balaban J connectivity index is 1.98. The summed E-state index contributed by atoms with van der Waals surface area (Å²) in [5.41, 5.74) is 1.19. The quantitative estimate of drug-likeness (QED) is 0.597. The zero-order valence-corrected chi connectivity index (χ0v) is 18.8. The Morgan fingerprint density at radius 2 is 1.72 bits per heavy atom. The van der Waals surface area contributed by atoms with Crippen molar-refractivity contribution < 1.29 is 14.3 Å². The number of methoxy groups -OCH3 is 1. The van der Waals surface area contributed by atoms with Gasteiger partial charge in [-0.15, -0.1) is 0 Å². The number of fused-ring (bicyclic) bond motifs is 1. The summed E-state index contributed by atoms with van der Waals surface area (Å²) >= 11 is 6.35. The minimum absolute atomic E-state index is 0.186. The standard InChI is InChI=1S/C25H24ClN3O3/c1-29(2)23(30)22(16-9-5-4-6-10-16)28-25(18-11-7-8-12-21(18)32-3)19-15-17(26)13-14-20(19)27-24(25)31/h4-15,22,28H,1-3H3,(H,27,31)/t22-,25?/m0/s1. The highest BCUT2D eigenvalue weighted by molar-refractivity contribution is 6.31. The summed E-state index contributed by atoms with van der Waals surface area (Å²) < 4.78 is 5.62. The van der Waals surface area contributed by atoms with E-state index in [0.717, 1.165) is 5.56 Å². The number of amides is 2. The summed E-state index contributed by atoms with van der Waals surface area (Å²) in [6.07, 6.45) is 0. The van der Waals surface area contributed by atoms with E-state index in [1.807, 2.05) is 48.5 Å². The zero-order valence-electron chi connectivity index (χ0n) is 18.1. The van der Waals surface area contributed by atoms with Crippen molar-refractivity contribution in [1.82, 2.24) is 10.2 Å². The van der Waals surface area contributed by atoms with Crippen LogP contribution in [0.25, 0.3) is 0 Å². The summed E-state index contributed by atoms with van der Waals surface area (Å²) in [6.45, 7) is 0. The number of hydrogen-bond donors (Lipinski definition) is 2. The molecule has 2 atom stereocenters. The number of likely N-dealkylation sites (N-methyl/N-ethyl adjacent to an activating group) is 1. The second-order valence-electron chi connectivity index (χ2n) is 7.82. The molecule has 0 radical (unpaired) electrons. The van der Waals surface area contributed by atoms with E-state index in [-0.39, 0.29) is 11.8 Å². The molecule has 3 aromatic carbocycles. The Kier molecular flexibility index (Phi) is 5.91. The van der Waals surface area contributed by atoms with Crippen LogP contribution in [0, 0.1) is 0 Å². The number of hydrogen-bond acceptors (Lipinski definition) is 4. The second-order valence-corrected chi connectivity index (χ2v) is 8.25. The molecular weight excluding hydrogens is 426 g/mol. The van der Waals surface area contributed by atoms with Crippen LogP contribution in [0.5, 0.6) is 5.75 Å². The molecule has 164 valence electrons. The van der Waals surface area contributed by atoms with Gasteiger partial charge in [-0.05, 0) is 29.8 Å². The smallest absolute Gasteiger partial charge is 0.254 e. The molecule has 3 aromatic rings. The normalized spacial score (nSPS) is 17.9. The maximum absolute atomic E-state index is 13.7. The minimum Gasteiger partial charge on any atom is -0.496 e. The fourth-order valence-electron chi connectivity index (χ4n) is 4.12. The monoisotopic (exact) mass is 449 g/mol. The molecule has 6 nitrogen and oxygen atoms in total. The lowest BCUT2D eigenvalue weighted by molar-refractivity contribution is -0.132. The molecular formula is C25H24ClN3O3. The number of halogens is 1. The van der Waals surface area contributed by atoms with Gasteiger partial charge in [0.2, 0.25) is 5.91 Å². The molecule has 2 amide bonds. The van der Waals surface area contributed by atoms with Gasteiger partial charge in [0.1, 0.15) is 11.8 Å². The molecule has 0 bridgehead atoms. The number of carbonyl (C=O) groups is 2. The Morgan fingerprint density at radius 3 is 2.41 bits per heavy atom. The Labute approximate surface area is 192 Å². The third-order valence-electron chi connectivity index (χ3n) is 5.67. The molecule has 0 fully saturated rings. The van der Waals surface area contributed by atoms with E-state index in [9.17, 15) is 9.59 Å². The molecule has 7 heteroatoms. The van der Waals surface area contributed by atoms with Crippen LogP contribution >= 0.6 is 11.6 Å².